The Bertz CT molecular complexity index is 981. The van der Waals surface area contributed by atoms with Gasteiger partial charge in [0.25, 0.3) is 0 Å². The van der Waals surface area contributed by atoms with E-state index in [2.05, 4.69) is 47.4 Å². The number of fused-ring (bicyclic) bond motifs is 2. The molecule has 3 aromatic carbocycles. The quantitative estimate of drug-likeness (QED) is 0.673. The Hall–Kier alpha value is -2.76. The summed E-state index contributed by atoms with van der Waals surface area (Å²) in [7, 11) is 0. The summed E-state index contributed by atoms with van der Waals surface area (Å²) in [4.78, 5) is 2.38. The number of benzene rings is 3. The predicted molar refractivity (Wildman–Crippen MR) is 108 cm³/mol. The molecule has 0 radical (unpaired) electrons. The van der Waals surface area contributed by atoms with E-state index in [4.69, 9.17) is 18.9 Å². The van der Waals surface area contributed by atoms with E-state index in [0.717, 1.165) is 66.6 Å². The lowest BCUT2D eigenvalue weighted by Gasteiger charge is -2.26. The molecule has 3 aromatic rings. The van der Waals surface area contributed by atoms with E-state index < -0.39 is 0 Å². The van der Waals surface area contributed by atoms with E-state index in [1.165, 1.54) is 5.39 Å². The second-order valence-corrected chi connectivity index (χ2v) is 7.03. The minimum absolute atomic E-state index is 0.287. The fraction of sp³-hybridized carbons (Fsp3) is 0.304. The van der Waals surface area contributed by atoms with E-state index in [-0.39, 0.29) is 6.79 Å². The Balaban J connectivity index is 1.41. The molecule has 2 heterocycles. The lowest BCUT2D eigenvalue weighted by atomic mass is 9.97. The molecular weight excluding hydrogens is 354 g/mol. The average molecular weight is 377 g/mol. The third-order valence-corrected chi connectivity index (χ3v) is 5.34. The average Bonchev–Trinajstić information content (AvgIpc) is 3.22. The Kier molecular flexibility index (Phi) is 4.77. The van der Waals surface area contributed by atoms with Gasteiger partial charge in [-0.15, -0.1) is 0 Å². The van der Waals surface area contributed by atoms with Gasteiger partial charge in [-0.05, 0) is 34.7 Å². The SMILES string of the molecule is c1ccc2c(-c3ccc4c(c3)OCO4)ccc(OCCN3CCOCC3)c2c1. The summed E-state index contributed by atoms with van der Waals surface area (Å²) < 4.78 is 22.5. The minimum atomic E-state index is 0.287. The maximum atomic E-state index is 6.16. The number of nitrogens with zero attached hydrogens (tertiary/aromatic N) is 1. The molecule has 2 aliphatic rings. The second-order valence-electron chi connectivity index (χ2n) is 7.03. The molecule has 0 atom stereocenters. The van der Waals surface area contributed by atoms with Crippen LogP contribution in [0, 0.1) is 0 Å². The van der Waals surface area contributed by atoms with Gasteiger partial charge in [0.1, 0.15) is 12.4 Å². The molecule has 144 valence electrons. The fourth-order valence-corrected chi connectivity index (χ4v) is 3.82. The number of morpholine rings is 1. The van der Waals surface area contributed by atoms with Gasteiger partial charge in [-0.1, -0.05) is 36.4 Å². The van der Waals surface area contributed by atoms with Crippen LogP contribution in [0.15, 0.2) is 54.6 Å². The Labute approximate surface area is 164 Å². The highest BCUT2D eigenvalue weighted by atomic mass is 16.7. The van der Waals surface area contributed by atoms with Crippen molar-refractivity contribution in [1.82, 2.24) is 4.90 Å². The van der Waals surface area contributed by atoms with Crippen LogP contribution >= 0.6 is 0 Å². The molecule has 0 aliphatic carbocycles. The van der Waals surface area contributed by atoms with Crippen molar-refractivity contribution in [3.05, 3.63) is 54.6 Å². The van der Waals surface area contributed by atoms with Crippen LogP contribution in [0.4, 0.5) is 0 Å². The van der Waals surface area contributed by atoms with E-state index in [1.807, 2.05) is 12.1 Å². The number of hydrogen-bond acceptors (Lipinski definition) is 5. The first-order valence-electron chi connectivity index (χ1n) is 9.73. The fourth-order valence-electron chi connectivity index (χ4n) is 3.82. The molecule has 0 spiro atoms. The highest BCUT2D eigenvalue weighted by molar-refractivity contribution is 6.00. The van der Waals surface area contributed by atoms with E-state index in [0.29, 0.717) is 6.61 Å². The topological polar surface area (TPSA) is 40.2 Å². The second kappa shape index (κ2) is 7.70. The molecule has 0 saturated carbocycles. The molecule has 1 fully saturated rings. The largest absolute Gasteiger partial charge is 0.492 e. The maximum Gasteiger partial charge on any atom is 0.231 e. The molecule has 0 amide bonds. The van der Waals surface area contributed by atoms with Crippen LogP contribution in [0.25, 0.3) is 21.9 Å². The van der Waals surface area contributed by atoms with Crippen molar-refractivity contribution in [1.29, 1.82) is 0 Å². The Morgan fingerprint density at radius 3 is 2.57 bits per heavy atom. The van der Waals surface area contributed by atoms with Crippen molar-refractivity contribution in [3.8, 4) is 28.4 Å². The molecule has 5 rings (SSSR count). The molecule has 0 N–H and O–H groups in total. The van der Waals surface area contributed by atoms with E-state index >= 15 is 0 Å². The van der Waals surface area contributed by atoms with Gasteiger partial charge in [-0.25, -0.2) is 0 Å². The van der Waals surface area contributed by atoms with Crippen molar-refractivity contribution in [2.45, 2.75) is 0 Å². The first kappa shape index (κ1) is 17.3. The van der Waals surface area contributed by atoms with E-state index in [9.17, 15) is 0 Å². The summed E-state index contributed by atoms with van der Waals surface area (Å²) in [6.07, 6.45) is 0. The highest BCUT2D eigenvalue weighted by Crippen LogP contribution is 2.39. The molecule has 0 unspecified atom stereocenters. The minimum Gasteiger partial charge on any atom is -0.492 e. The summed E-state index contributed by atoms with van der Waals surface area (Å²) in [5, 5.41) is 2.30. The molecular formula is C23H23NO4. The molecule has 0 bridgehead atoms. The van der Waals surface area contributed by atoms with Gasteiger partial charge in [-0.3, -0.25) is 4.90 Å². The van der Waals surface area contributed by atoms with Gasteiger partial charge >= 0.3 is 0 Å². The molecule has 5 heteroatoms. The van der Waals surface area contributed by atoms with Crippen LogP contribution in [-0.4, -0.2) is 51.1 Å². The lowest BCUT2D eigenvalue weighted by molar-refractivity contribution is 0.0323. The third-order valence-electron chi connectivity index (χ3n) is 5.34. The van der Waals surface area contributed by atoms with Crippen LogP contribution < -0.4 is 14.2 Å². The van der Waals surface area contributed by atoms with Crippen LogP contribution in [-0.2, 0) is 4.74 Å². The Morgan fingerprint density at radius 2 is 1.68 bits per heavy atom. The Morgan fingerprint density at radius 1 is 0.857 bits per heavy atom. The van der Waals surface area contributed by atoms with Gasteiger partial charge in [0.15, 0.2) is 11.5 Å². The third kappa shape index (κ3) is 3.39. The maximum absolute atomic E-state index is 6.16. The molecule has 28 heavy (non-hydrogen) atoms. The van der Waals surface area contributed by atoms with Crippen molar-refractivity contribution >= 4 is 10.8 Å². The summed E-state index contributed by atoms with van der Waals surface area (Å²) >= 11 is 0. The monoisotopic (exact) mass is 377 g/mol. The summed E-state index contributed by atoms with van der Waals surface area (Å²) in [5.41, 5.74) is 2.27. The zero-order valence-electron chi connectivity index (χ0n) is 15.7. The zero-order valence-corrected chi connectivity index (χ0v) is 15.7. The summed E-state index contributed by atoms with van der Waals surface area (Å²) in [6.45, 7) is 5.46. The number of rotatable bonds is 5. The first-order chi connectivity index (χ1) is 13.9. The lowest BCUT2D eigenvalue weighted by Crippen LogP contribution is -2.38. The number of hydrogen-bond donors (Lipinski definition) is 0. The van der Waals surface area contributed by atoms with Crippen molar-refractivity contribution < 1.29 is 18.9 Å². The standard InChI is InChI=1S/C23H23NO4/c1-2-4-20-19(3-1)18(17-5-7-22-23(15-17)28-16-27-22)6-8-21(20)26-14-11-24-9-12-25-13-10-24/h1-8,15H,9-14,16H2. The molecule has 1 saturated heterocycles. The summed E-state index contributed by atoms with van der Waals surface area (Å²) in [5.74, 6) is 2.52. The first-order valence-corrected chi connectivity index (χ1v) is 9.73. The van der Waals surface area contributed by atoms with Crippen molar-refractivity contribution in [2.75, 3.05) is 46.2 Å². The van der Waals surface area contributed by atoms with Crippen LogP contribution in [0.3, 0.4) is 0 Å². The molecule has 2 aliphatic heterocycles. The van der Waals surface area contributed by atoms with Crippen LogP contribution in [0.1, 0.15) is 0 Å². The van der Waals surface area contributed by atoms with Gasteiger partial charge < -0.3 is 18.9 Å². The van der Waals surface area contributed by atoms with Gasteiger partial charge in [0.2, 0.25) is 6.79 Å². The van der Waals surface area contributed by atoms with E-state index in [1.54, 1.807) is 0 Å². The smallest absolute Gasteiger partial charge is 0.231 e. The number of ether oxygens (including phenoxy) is 4. The van der Waals surface area contributed by atoms with Crippen LogP contribution in [0.2, 0.25) is 0 Å². The van der Waals surface area contributed by atoms with Gasteiger partial charge in [0.05, 0.1) is 13.2 Å². The van der Waals surface area contributed by atoms with Crippen molar-refractivity contribution in [3.63, 3.8) is 0 Å². The normalized spacial score (nSPS) is 16.4. The highest BCUT2D eigenvalue weighted by Gasteiger charge is 2.16. The van der Waals surface area contributed by atoms with Gasteiger partial charge in [0, 0.05) is 25.0 Å². The summed E-state index contributed by atoms with van der Waals surface area (Å²) in [6, 6.07) is 18.7. The zero-order chi connectivity index (χ0) is 18.8. The predicted octanol–water partition coefficient (Wildman–Crippen LogP) is 3.95. The van der Waals surface area contributed by atoms with Gasteiger partial charge in [-0.2, -0.15) is 0 Å². The van der Waals surface area contributed by atoms with Crippen molar-refractivity contribution in [2.24, 2.45) is 0 Å². The molecule has 0 aromatic heterocycles. The molecule has 5 nitrogen and oxygen atoms in total. The van der Waals surface area contributed by atoms with Crippen LogP contribution in [0.5, 0.6) is 17.2 Å².